The summed E-state index contributed by atoms with van der Waals surface area (Å²) in [6, 6.07) is 29.3. The van der Waals surface area contributed by atoms with E-state index in [1.807, 2.05) is 41.1 Å². The molecular formula is C36H39N5O7S. The smallest absolute Gasteiger partial charge is 0.330 e. The average molecular weight is 686 g/mol. The first-order valence-corrected chi connectivity index (χ1v) is 17.0. The first kappa shape index (κ1) is 34.9. The molecule has 4 amide bonds. The van der Waals surface area contributed by atoms with Gasteiger partial charge in [0.1, 0.15) is 23.1 Å². The molecule has 1 aliphatic rings. The molecule has 1 fully saturated rings. The second kappa shape index (κ2) is 14.8. The highest BCUT2D eigenvalue weighted by Gasteiger charge is 2.63. The van der Waals surface area contributed by atoms with E-state index >= 15 is 0 Å². The molecule has 4 aromatic carbocycles. The van der Waals surface area contributed by atoms with Crippen LogP contribution in [0.15, 0.2) is 109 Å². The Labute approximate surface area is 286 Å². The lowest BCUT2D eigenvalue weighted by Crippen LogP contribution is -2.58. The summed E-state index contributed by atoms with van der Waals surface area (Å²) in [5.41, 5.74) is 1.16. The molecule has 4 aromatic rings. The number of ether oxygens (including phenoxy) is 2. The summed E-state index contributed by atoms with van der Waals surface area (Å²) in [4.78, 5) is 43.9. The molecule has 3 N–H and O–H groups in total. The van der Waals surface area contributed by atoms with Crippen LogP contribution >= 0.6 is 0 Å². The molecule has 2 unspecified atom stereocenters. The monoisotopic (exact) mass is 685 g/mol. The van der Waals surface area contributed by atoms with Gasteiger partial charge in [-0.05, 0) is 72.5 Å². The van der Waals surface area contributed by atoms with Crippen molar-refractivity contribution >= 4 is 39.4 Å². The largest absolute Gasteiger partial charge is 0.497 e. The number of nitrogens with one attached hydrogen (secondary N) is 3. The maximum atomic E-state index is 14.0. The van der Waals surface area contributed by atoms with Crippen molar-refractivity contribution < 1.29 is 32.3 Å². The Balaban J connectivity index is 1.35. The number of urea groups is 1. The highest BCUT2D eigenvalue weighted by atomic mass is 32.2. The number of nitrogens with zero attached hydrogens (tertiary/aromatic N) is 2. The summed E-state index contributed by atoms with van der Waals surface area (Å²) in [6.07, 6.45) is 0.257. The molecule has 0 aromatic heterocycles. The Morgan fingerprint density at radius 3 is 1.82 bits per heavy atom. The van der Waals surface area contributed by atoms with Crippen molar-refractivity contribution in [1.82, 2.24) is 14.8 Å². The van der Waals surface area contributed by atoms with Crippen molar-refractivity contribution in [3.63, 3.8) is 0 Å². The van der Waals surface area contributed by atoms with Gasteiger partial charge in [-0.1, -0.05) is 60.7 Å². The summed E-state index contributed by atoms with van der Waals surface area (Å²) >= 11 is 0. The quantitative estimate of drug-likeness (QED) is 0.193. The van der Waals surface area contributed by atoms with Gasteiger partial charge in [-0.25, -0.2) is 9.52 Å². The number of carbonyl (C=O) groups is 3. The van der Waals surface area contributed by atoms with Gasteiger partial charge in [-0.2, -0.15) is 13.1 Å². The second-order valence-electron chi connectivity index (χ2n) is 11.7. The SMILES string of the molecule is COc1ccc(N(C)C(=O)[C@H](Cc2ccccc2)NS(=O)(=O)NC(=O)NC2(C(=O)N(C)c3ccc(OC)cc3)CC2c2ccccc2)cc1. The van der Waals surface area contributed by atoms with E-state index in [9.17, 15) is 22.8 Å². The van der Waals surface area contributed by atoms with Crippen molar-refractivity contribution in [3.05, 3.63) is 120 Å². The van der Waals surface area contributed by atoms with Crippen LogP contribution in [0.25, 0.3) is 0 Å². The molecule has 49 heavy (non-hydrogen) atoms. The fourth-order valence-electron chi connectivity index (χ4n) is 5.76. The molecule has 0 bridgehead atoms. The second-order valence-corrected chi connectivity index (χ2v) is 13.2. The van der Waals surface area contributed by atoms with Crippen LogP contribution in [0.1, 0.15) is 23.5 Å². The summed E-state index contributed by atoms with van der Waals surface area (Å²) < 4.78 is 41.7. The maximum absolute atomic E-state index is 14.0. The molecular weight excluding hydrogens is 646 g/mol. The molecule has 0 radical (unpaired) electrons. The van der Waals surface area contributed by atoms with Crippen molar-refractivity contribution in [1.29, 1.82) is 0 Å². The standard InChI is InChI=1S/C36H39N5O7S/c1-40(27-15-19-29(47-3)20-16-27)33(42)32(23-25-11-7-5-8-12-25)38-49(45,46)39-35(44)37-36(24-31(36)26-13-9-6-10-14-26)34(43)41(2)28-17-21-30(48-4)22-18-28/h5-22,31-32,38H,23-24H2,1-4H3,(H2,37,39,44)/t31?,32-,36?/m0/s1. The lowest BCUT2D eigenvalue weighted by atomic mass is 10.0. The van der Waals surface area contributed by atoms with Crippen molar-refractivity contribution in [2.45, 2.75) is 30.3 Å². The number of rotatable bonds is 13. The van der Waals surface area contributed by atoms with Crippen LogP contribution in [0.5, 0.6) is 11.5 Å². The van der Waals surface area contributed by atoms with E-state index in [1.165, 1.54) is 31.1 Å². The van der Waals surface area contributed by atoms with E-state index in [1.54, 1.807) is 79.8 Å². The fraction of sp³-hybridized carbons (Fsp3) is 0.250. The van der Waals surface area contributed by atoms with E-state index in [-0.39, 0.29) is 12.8 Å². The normalized spacial score (nSPS) is 17.3. The third kappa shape index (κ3) is 8.19. The van der Waals surface area contributed by atoms with E-state index < -0.39 is 45.6 Å². The third-order valence-corrected chi connectivity index (χ3v) is 9.59. The lowest BCUT2D eigenvalue weighted by molar-refractivity contribution is -0.121. The minimum atomic E-state index is -4.62. The van der Waals surface area contributed by atoms with Gasteiger partial charge in [0, 0.05) is 31.4 Å². The van der Waals surface area contributed by atoms with E-state index in [0.717, 1.165) is 5.56 Å². The van der Waals surface area contributed by atoms with Crippen molar-refractivity contribution in [2.75, 3.05) is 38.1 Å². The zero-order chi connectivity index (χ0) is 35.2. The molecule has 3 atom stereocenters. The van der Waals surface area contributed by atoms with Crippen LogP contribution in [-0.2, 0) is 26.2 Å². The minimum Gasteiger partial charge on any atom is -0.497 e. The number of likely N-dealkylation sites (N-methyl/N-ethyl adjacent to an activating group) is 2. The highest BCUT2D eigenvalue weighted by molar-refractivity contribution is 7.88. The Morgan fingerprint density at radius 1 is 0.776 bits per heavy atom. The summed E-state index contributed by atoms with van der Waals surface area (Å²) in [5.74, 6) is -0.182. The van der Waals surface area contributed by atoms with Gasteiger partial charge in [0.2, 0.25) is 5.91 Å². The number of amides is 4. The zero-order valence-electron chi connectivity index (χ0n) is 27.6. The van der Waals surface area contributed by atoms with Gasteiger partial charge in [0.15, 0.2) is 0 Å². The number of carbonyl (C=O) groups excluding carboxylic acids is 3. The van der Waals surface area contributed by atoms with Gasteiger partial charge in [-0.3, -0.25) is 9.59 Å². The Morgan fingerprint density at radius 2 is 1.29 bits per heavy atom. The van der Waals surface area contributed by atoms with Crippen LogP contribution in [0, 0.1) is 0 Å². The summed E-state index contributed by atoms with van der Waals surface area (Å²) in [7, 11) is 1.56. The van der Waals surface area contributed by atoms with E-state index in [4.69, 9.17) is 9.47 Å². The molecule has 0 saturated heterocycles. The predicted molar refractivity (Wildman–Crippen MR) is 187 cm³/mol. The summed E-state index contributed by atoms with van der Waals surface area (Å²) in [6.45, 7) is 0. The minimum absolute atomic E-state index is 0.00780. The predicted octanol–water partition coefficient (Wildman–Crippen LogP) is 4.00. The Hall–Kier alpha value is -5.40. The molecule has 256 valence electrons. The molecule has 0 aliphatic heterocycles. The lowest BCUT2D eigenvalue weighted by Gasteiger charge is -2.27. The topological polar surface area (TPSA) is 146 Å². The van der Waals surface area contributed by atoms with Gasteiger partial charge < -0.3 is 24.6 Å². The number of hydrogen-bond acceptors (Lipinski definition) is 7. The first-order valence-electron chi connectivity index (χ1n) is 15.5. The van der Waals surface area contributed by atoms with Gasteiger partial charge in [0.05, 0.1) is 14.2 Å². The first-order chi connectivity index (χ1) is 23.5. The van der Waals surface area contributed by atoms with Crippen LogP contribution in [0.3, 0.4) is 0 Å². The molecule has 13 heteroatoms. The van der Waals surface area contributed by atoms with Crippen molar-refractivity contribution in [2.24, 2.45) is 0 Å². The molecule has 5 rings (SSSR count). The van der Waals surface area contributed by atoms with Gasteiger partial charge >= 0.3 is 16.2 Å². The number of benzene rings is 4. The number of anilines is 2. The third-order valence-electron chi connectivity index (χ3n) is 8.54. The highest BCUT2D eigenvalue weighted by Crippen LogP contribution is 2.52. The van der Waals surface area contributed by atoms with Crippen LogP contribution in [0.2, 0.25) is 0 Å². The molecule has 12 nitrogen and oxygen atoms in total. The Kier molecular flexibility index (Phi) is 10.5. The molecule has 0 spiro atoms. The molecule has 0 heterocycles. The van der Waals surface area contributed by atoms with Gasteiger partial charge in [0.25, 0.3) is 5.91 Å². The summed E-state index contributed by atoms with van der Waals surface area (Å²) in [5, 5.41) is 2.66. The van der Waals surface area contributed by atoms with Crippen LogP contribution in [-0.4, -0.2) is 66.2 Å². The number of hydrogen-bond donors (Lipinski definition) is 3. The van der Waals surface area contributed by atoms with E-state index in [0.29, 0.717) is 28.4 Å². The van der Waals surface area contributed by atoms with Crippen LogP contribution < -0.4 is 34.0 Å². The van der Waals surface area contributed by atoms with E-state index in [2.05, 4.69) is 10.0 Å². The van der Waals surface area contributed by atoms with Crippen molar-refractivity contribution in [3.8, 4) is 11.5 Å². The molecule has 1 aliphatic carbocycles. The molecule has 1 saturated carbocycles. The van der Waals surface area contributed by atoms with Gasteiger partial charge in [-0.15, -0.1) is 0 Å². The van der Waals surface area contributed by atoms with Crippen LogP contribution in [0.4, 0.5) is 16.2 Å². The zero-order valence-corrected chi connectivity index (χ0v) is 28.4. The average Bonchev–Trinajstić information content (AvgIpc) is 3.85. The number of methoxy groups -OCH3 is 2. The fourth-order valence-corrected chi connectivity index (χ4v) is 6.68. The maximum Gasteiger partial charge on any atom is 0.330 e. The Bertz CT molecular complexity index is 1870.